The maximum absolute atomic E-state index is 10.9. The molecule has 3 rings (SSSR count). The summed E-state index contributed by atoms with van der Waals surface area (Å²) in [7, 11) is 0. The number of hydrogen-bond donors (Lipinski definition) is 2. The second-order valence-corrected chi connectivity index (χ2v) is 5.78. The minimum absolute atomic E-state index is 0.245. The predicted molar refractivity (Wildman–Crippen MR) is 92.1 cm³/mol. The Morgan fingerprint density at radius 2 is 1.96 bits per heavy atom. The van der Waals surface area contributed by atoms with Crippen molar-refractivity contribution in [2.75, 3.05) is 5.73 Å². The Morgan fingerprint density at radius 1 is 1.22 bits per heavy atom. The molecule has 0 spiro atoms. The Morgan fingerprint density at radius 3 is 2.65 bits per heavy atom. The summed E-state index contributed by atoms with van der Waals surface area (Å²) < 4.78 is 4.90. The van der Waals surface area contributed by atoms with Crippen LogP contribution in [0.25, 0.3) is 22.4 Å². The molecule has 0 saturated carbocycles. The number of primary amides is 1. The van der Waals surface area contributed by atoms with Gasteiger partial charge in [-0.25, -0.2) is 14.8 Å². The lowest BCUT2D eigenvalue weighted by molar-refractivity contribution is 0.212. The van der Waals surface area contributed by atoms with E-state index in [1.54, 1.807) is 0 Å². The summed E-state index contributed by atoms with van der Waals surface area (Å²) in [5, 5.41) is 0.928. The Balaban J connectivity index is 2.01. The van der Waals surface area contributed by atoms with E-state index in [-0.39, 0.29) is 5.06 Å². The first-order chi connectivity index (χ1) is 11.0. The fraction of sp³-hybridized carbons (Fsp3) is 0.0625. The van der Waals surface area contributed by atoms with E-state index in [4.69, 9.17) is 16.2 Å². The van der Waals surface area contributed by atoms with Crippen LogP contribution in [0.15, 0.2) is 30.3 Å². The lowest BCUT2D eigenvalue weighted by atomic mass is 10.2. The van der Waals surface area contributed by atoms with Gasteiger partial charge in [0.15, 0.2) is 5.82 Å². The maximum atomic E-state index is 10.9. The normalized spacial score (nSPS) is 11.2. The number of rotatable bonds is 3. The zero-order valence-electron chi connectivity index (χ0n) is 12.3. The summed E-state index contributed by atoms with van der Waals surface area (Å²) in [6, 6.07) is 9.86. The number of ether oxygens (including phenoxy) is 1. The van der Waals surface area contributed by atoms with Crippen molar-refractivity contribution in [1.29, 1.82) is 0 Å². The molecule has 3 aromatic rings. The van der Waals surface area contributed by atoms with Crippen molar-refractivity contribution in [3.05, 3.63) is 47.4 Å². The predicted octanol–water partition coefficient (Wildman–Crippen LogP) is 3.21. The highest BCUT2D eigenvalue weighted by Gasteiger charge is 2.17. The number of thiophene rings is 1. The van der Waals surface area contributed by atoms with Gasteiger partial charge in [-0.3, -0.25) is 0 Å². The van der Waals surface area contributed by atoms with Gasteiger partial charge in [-0.1, -0.05) is 47.7 Å². The van der Waals surface area contributed by atoms with Crippen molar-refractivity contribution in [2.45, 2.75) is 6.92 Å². The molecule has 1 amide bonds. The molecule has 0 unspecified atom stereocenters. The lowest BCUT2D eigenvalue weighted by Gasteiger charge is -2.00. The highest BCUT2D eigenvalue weighted by molar-refractivity contribution is 7.21. The molecule has 0 bridgehead atoms. The van der Waals surface area contributed by atoms with E-state index in [0.717, 1.165) is 11.3 Å². The first kappa shape index (κ1) is 15.0. The molecule has 0 aliphatic heterocycles. The van der Waals surface area contributed by atoms with Gasteiger partial charge in [0.2, 0.25) is 5.06 Å². The molecule has 4 N–H and O–H groups in total. The van der Waals surface area contributed by atoms with E-state index in [9.17, 15) is 4.79 Å². The van der Waals surface area contributed by atoms with E-state index >= 15 is 0 Å². The van der Waals surface area contributed by atoms with Gasteiger partial charge in [-0.2, -0.15) is 0 Å². The zero-order chi connectivity index (χ0) is 16.4. The summed E-state index contributed by atoms with van der Waals surface area (Å²) >= 11 is 1.17. The molecule has 2 aromatic heterocycles. The van der Waals surface area contributed by atoms with Crippen molar-refractivity contribution >= 4 is 45.5 Å². The van der Waals surface area contributed by atoms with Gasteiger partial charge in [0, 0.05) is 0 Å². The Bertz CT molecular complexity index is 903. The Hall–Kier alpha value is -2.93. The van der Waals surface area contributed by atoms with Gasteiger partial charge in [0.25, 0.3) is 0 Å². The molecule has 0 atom stereocenters. The number of nitrogens with two attached hydrogens (primary N) is 2. The van der Waals surface area contributed by atoms with Crippen molar-refractivity contribution in [2.24, 2.45) is 5.73 Å². The molecule has 0 fully saturated rings. The lowest BCUT2D eigenvalue weighted by Crippen LogP contribution is -2.16. The fourth-order valence-electron chi connectivity index (χ4n) is 2.17. The van der Waals surface area contributed by atoms with Crippen molar-refractivity contribution < 1.29 is 9.53 Å². The number of anilines is 1. The number of carbonyl (C=O) groups is 1. The number of amides is 1. The molecule has 7 heteroatoms. The van der Waals surface area contributed by atoms with E-state index < -0.39 is 6.09 Å². The van der Waals surface area contributed by atoms with Gasteiger partial charge < -0.3 is 16.2 Å². The number of carbonyl (C=O) groups excluding carboxylic acids is 1. The summed E-state index contributed by atoms with van der Waals surface area (Å²) in [5.74, 6) is 0.561. The van der Waals surface area contributed by atoms with Crippen LogP contribution in [-0.4, -0.2) is 16.1 Å². The second kappa shape index (κ2) is 6.05. The second-order valence-electron chi connectivity index (χ2n) is 4.82. The van der Waals surface area contributed by atoms with E-state index in [0.29, 0.717) is 21.7 Å². The third kappa shape index (κ3) is 3.14. The van der Waals surface area contributed by atoms with Crippen LogP contribution in [0, 0.1) is 6.92 Å². The fourth-order valence-corrected chi connectivity index (χ4v) is 3.18. The van der Waals surface area contributed by atoms with E-state index in [2.05, 4.69) is 9.97 Å². The largest absolute Gasteiger partial charge is 0.410 e. The van der Waals surface area contributed by atoms with E-state index in [1.165, 1.54) is 11.3 Å². The molecule has 116 valence electrons. The number of aromatic nitrogens is 2. The number of fused-ring (bicyclic) bond motifs is 1. The number of nitrogens with zero attached hydrogens (tertiary/aromatic N) is 2. The molecule has 1 aromatic carbocycles. The Kier molecular flexibility index (Phi) is 3.94. The maximum Gasteiger partial charge on any atom is 0.410 e. The third-order valence-corrected chi connectivity index (χ3v) is 4.15. The molecule has 6 nitrogen and oxygen atoms in total. The van der Waals surface area contributed by atoms with Crippen molar-refractivity contribution in [3.8, 4) is 5.06 Å². The van der Waals surface area contributed by atoms with Crippen LogP contribution in [0.3, 0.4) is 0 Å². The third-order valence-electron chi connectivity index (χ3n) is 3.17. The summed E-state index contributed by atoms with van der Waals surface area (Å²) in [6.45, 7) is 1.83. The van der Waals surface area contributed by atoms with Crippen LogP contribution in [-0.2, 0) is 0 Å². The van der Waals surface area contributed by atoms with Crippen LogP contribution in [0.1, 0.15) is 17.1 Å². The zero-order valence-corrected chi connectivity index (χ0v) is 13.1. The summed E-state index contributed by atoms with van der Waals surface area (Å²) in [4.78, 5) is 20.4. The standard InChI is InChI=1S/C16H14N4O2S/c1-9-12-13(17)15(22-16(18)21)23-14(12)20-11(19-9)8-7-10-5-3-2-4-6-10/h2-8H,17H2,1H3,(H2,18,21). The average molecular weight is 326 g/mol. The SMILES string of the molecule is Cc1nc(C=Cc2ccccc2)nc2sc(OC(N)=O)c(N)c12. The van der Waals surface area contributed by atoms with E-state index in [1.807, 2.05) is 49.4 Å². The van der Waals surface area contributed by atoms with Crippen molar-refractivity contribution in [3.63, 3.8) is 0 Å². The van der Waals surface area contributed by atoms with Gasteiger partial charge >= 0.3 is 6.09 Å². The monoisotopic (exact) mass is 326 g/mol. The number of aryl methyl sites for hydroxylation is 1. The summed E-state index contributed by atoms with van der Waals surface area (Å²) in [6.07, 6.45) is 2.85. The van der Waals surface area contributed by atoms with Gasteiger partial charge in [0.1, 0.15) is 4.83 Å². The highest BCUT2D eigenvalue weighted by Crippen LogP contribution is 2.40. The van der Waals surface area contributed by atoms with Crippen LogP contribution in [0.4, 0.5) is 10.5 Å². The molecule has 0 saturated heterocycles. The molecule has 23 heavy (non-hydrogen) atoms. The van der Waals surface area contributed by atoms with Gasteiger partial charge in [-0.15, -0.1) is 0 Å². The Labute approximate surface area is 136 Å². The minimum Gasteiger partial charge on any atom is -0.397 e. The molecule has 0 radical (unpaired) electrons. The first-order valence-electron chi connectivity index (χ1n) is 6.81. The molecule has 0 aliphatic rings. The minimum atomic E-state index is -0.905. The van der Waals surface area contributed by atoms with Crippen molar-refractivity contribution in [1.82, 2.24) is 9.97 Å². The number of nitrogen functional groups attached to an aromatic ring is 1. The van der Waals surface area contributed by atoms with Crippen LogP contribution >= 0.6 is 11.3 Å². The first-order valence-corrected chi connectivity index (χ1v) is 7.63. The number of benzene rings is 1. The molecular formula is C16H14N4O2S. The highest BCUT2D eigenvalue weighted by atomic mass is 32.1. The average Bonchev–Trinajstić information content (AvgIpc) is 2.82. The van der Waals surface area contributed by atoms with Gasteiger partial charge in [-0.05, 0) is 18.6 Å². The van der Waals surface area contributed by atoms with Crippen LogP contribution < -0.4 is 16.2 Å². The van der Waals surface area contributed by atoms with Crippen LogP contribution in [0.5, 0.6) is 5.06 Å². The van der Waals surface area contributed by atoms with Gasteiger partial charge in [0.05, 0.1) is 16.8 Å². The van der Waals surface area contributed by atoms with Crippen LogP contribution in [0.2, 0.25) is 0 Å². The molecule has 0 aliphatic carbocycles. The molecule has 2 heterocycles. The topological polar surface area (TPSA) is 104 Å². The summed E-state index contributed by atoms with van der Waals surface area (Å²) in [5.41, 5.74) is 13.1. The quantitative estimate of drug-likeness (QED) is 0.769. The smallest absolute Gasteiger partial charge is 0.397 e. The molecular weight excluding hydrogens is 312 g/mol. The number of hydrogen-bond acceptors (Lipinski definition) is 6.